The Hall–Kier alpha value is -0.960. The van der Waals surface area contributed by atoms with Gasteiger partial charge in [-0.25, -0.2) is 0 Å². The van der Waals surface area contributed by atoms with Gasteiger partial charge in [0.25, 0.3) is 0 Å². The van der Waals surface area contributed by atoms with Crippen molar-refractivity contribution < 1.29 is 4.79 Å². The van der Waals surface area contributed by atoms with E-state index in [9.17, 15) is 4.79 Å². The van der Waals surface area contributed by atoms with Gasteiger partial charge in [0.15, 0.2) is 5.78 Å². The third-order valence-corrected chi connectivity index (χ3v) is 2.24. The van der Waals surface area contributed by atoms with Crippen LogP contribution < -0.4 is 4.90 Å². The molecule has 0 fully saturated rings. The van der Waals surface area contributed by atoms with Crippen LogP contribution >= 0.6 is 12.6 Å². The molecule has 1 aromatic rings. The van der Waals surface area contributed by atoms with Crippen molar-refractivity contribution >= 4 is 24.1 Å². The molecule has 13 heavy (non-hydrogen) atoms. The van der Waals surface area contributed by atoms with E-state index in [1.165, 1.54) is 0 Å². The molecule has 0 aliphatic rings. The highest BCUT2D eigenvalue weighted by molar-refractivity contribution is 7.80. The normalized spacial score (nSPS) is 9.85. The zero-order chi connectivity index (χ0) is 10.0. The molecular weight excluding hydrogens is 182 g/mol. The Balaban J connectivity index is 3.19. The molecule has 1 rings (SSSR count). The molecule has 0 amide bonds. The average molecular weight is 195 g/mol. The maximum atomic E-state index is 11.1. The van der Waals surface area contributed by atoms with Crippen LogP contribution in [-0.2, 0) is 0 Å². The topological polar surface area (TPSA) is 20.3 Å². The first-order valence-electron chi connectivity index (χ1n) is 4.03. The van der Waals surface area contributed by atoms with E-state index in [0.717, 1.165) is 16.1 Å². The lowest BCUT2D eigenvalue weighted by atomic mass is 10.1. The Morgan fingerprint density at radius 3 is 2.46 bits per heavy atom. The molecule has 0 saturated carbocycles. The van der Waals surface area contributed by atoms with Gasteiger partial charge in [0.2, 0.25) is 0 Å². The number of carbonyl (C=O) groups excluding carboxylic acids is 1. The third-order valence-electron chi connectivity index (χ3n) is 1.86. The molecule has 0 spiro atoms. The number of ketones is 1. The van der Waals surface area contributed by atoms with E-state index in [4.69, 9.17) is 0 Å². The second-order valence-corrected chi connectivity index (χ2v) is 3.64. The fraction of sp³-hybridized carbons (Fsp3) is 0.300. The van der Waals surface area contributed by atoms with Crippen molar-refractivity contribution in [1.29, 1.82) is 0 Å². The summed E-state index contributed by atoms with van der Waals surface area (Å²) in [6.07, 6.45) is 0. The number of rotatable bonds is 2. The van der Waals surface area contributed by atoms with Crippen molar-refractivity contribution in [2.75, 3.05) is 19.0 Å². The number of nitrogens with zero attached hydrogens (tertiary/aromatic N) is 1. The van der Waals surface area contributed by atoms with Crippen LogP contribution in [0.1, 0.15) is 17.3 Å². The SMILES string of the molecule is CC(=O)c1ccc(S)c(N(C)C)c1. The number of benzene rings is 1. The van der Waals surface area contributed by atoms with Crippen LogP contribution in [0.15, 0.2) is 23.1 Å². The van der Waals surface area contributed by atoms with Crippen LogP contribution in [0, 0.1) is 0 Å². The molecule has 0 aliphatic heterocycles. The first-order valence-corrected chi connectivity index (χ1v) is 4.48. The standard InChI is InChI=1S/C10H13NOS/c1-7(12)8-4-5-10(13)9(6-8)11(2)3/h4-6,13H,1-3H3. The summed E-state index contributed by atoms with van der Waals surface area (Å²) in [6.45, 7) is 1.56. The lowest BCUT2D eigenvalue weighted by molar-refractivity contribution is 0.101. The van der Waals surface area contributed by atoms with E-state index < -0.39 is 0 Å². The predicted octanol–water partition coefficient (Wildman–Crippen LogP) is 2.24. The summed E-state index contributed by atoms with van der Waals surface area (Å²) in [7, 11) is 3.86. The molecule has 3 heteroatoms. The summed E-state index contributed by atoms with van der Waals surface area (Å²) in [5, 5.41) is 0. The van der Waals surface area contributed by atoms with Gasteiger partial charge in [-0.1, -0.05) is 6.07 Å². The van der Waals surface area contributed by atoms with Crippen molar-refractivity contribution in [3.63, 3.8) is 0 Å². The number of Topliss-reactive ketones (excluding diaryl/α,β-unsaturated/α-hetero) is 1. The zero-order valence-corrected chi connectivity index (χ0v) is 8.93. The van der Waals surface area contributed by atoms with Crippen LogP contribution in [-0.4, -0.2) is 19.9 Å². The van der Waals surface area contributed by atoms with Gasteiger partial charge >= 0.3 is 0 Å². The van der Waals surface area contributed by atoms with Crippen molar-refractivity contribution in [3.05, 3.63) is 23.8 Å². The Kier molecular flexibility index (Phi) is 2.98. The number of thiol groups is 1. The maximum absolute atomic E-state index is 11.1. The van der Waals surface area contributed by atoms with Crippen LogP contribution in [0.25, 0.3) is 0 Å². The second-order valence-electron chi connectivity index (χ2n) is 3.15. The van der Waals surface area contributed by atoms with Crippen LogP contribution in [0.2, 0.25) is 0 Å². The minimum atomic E-state index is 0.0800. The summed E-state index contributed by atoms with van der Waals surface area (Å²) in [5.74, 6) is 0.0800. The first-order chi connectivity index (χ1) is 6.02. The quantitative estimate of drug-likeness (QED) is 0.577. The minimum Gasteiger partial charge on any atom is -0.377 e. The van der Waals surface area contributed by atoms with Gasteiger partial charge in [-0.3, -0.25) is 4.79 Å². The van der Waals surface area contributed by atoms with Crippen LogP contribution in [0.5, 0.6) is 0 Å². The van der Waals surface area contributed by atoms with E-state index >= 15 is 0 Å². The van der Waals surface area contributed by atoms with Crippen molar-refractivity contribution in [3.8, 4) is 0 Å². The highest BCUT2D eigenvalue weighted by Crippen LogP contribution is 2.23. The molecular formula is C10H13NOS. The predicted molar refractivity (Wildman–Crippen MR) is 58.0 cm³/mol. The number of hydrogen-bond donors (Lipinski definition) is 1. The third kappa shape index (κ3) is 2.25. The molecule has 0 saturated heterocycles. The molecule has 0 aliphatic carbocycles. The summed E-state index contributed by atoms with van der Waals surface area (Å²) >= 11 is 4.30. The van der Waals surface area contributed by atoms with E-state index in [1.807, 2.05) is 31.1 Å². The van der Waals surface area contributed by atoms with E-state index in [2.05, 4.69) is 12.6 Å². The smallest absolute Gasteiger partial charge is 0.159 e. The van der Waals surface area contributed by atoms with Crippen molar-refractivity contribution in [1.82, 2.24) is 0 Å². The summed E-state index contributed by atoms with van der Waals surface area (Å²) in [6, 6.07) is 5.48. The first kappa shape index (κ1) is 10.1. The second kappa shape index (κ2) is 3.83. The zero-order valence-electron chi connectivity index (χ0n) is 8.03. The molecule has 0 unspecified atom stereocenters. The molecule has 1 aromatic carbocycles. The van der Waals surface area contributed by atoms with E-state index in [0.29, 0.717) is 0 Å². The van der Waals surface area contributed by atoms with Crippen LogP contribution in [0.4, 0.5) is 5.69 Å². The number of carbonyl (C=O) groups is 1. The van der Waals surface area contributed by atoms with Gasteiger partial charge in [0.1, 0.15) is 0 Å². The van der Waals surface area contributed by atoms with E-state index in [-0.39, 0.29) is 5.78 Å². The molecule has 0 aromatic heterocycles. The number of hydrogen-bond acceptors (Lipinski definition) is 3. The number of anilines is 1. The summed E-state index contributed by atoms with van der Waals surface area (Å²) in [4.78, 5) is 13.9. The Labute approximate surface area is 84.0 Å². The molecule has 0 radical (unpaired) electrons. The average Bonchev–Trinajstić information content (AvgIpc) is 2.04. The Morgan fingerprint density at radius 2 is 2.00 bits per heavy atom. The molecule has 0 atom stereocenters. The lowest BCUT2D eigenvalue weighted by Gasteiger charge is -2.15. The molecule has 0 bridgehead atoms. The Morgan fingerprint density at radius 1 is 1.38 bits per heavy atom. The molecule has 2 nitrogen and oxygen atoms in total. The summed E-state index contributed by atoms with van der Waals surface area (Å²) in [5.41, 5.74) is 1.69. The molecule has 70 valence electrons. The molecule has 0 N–H and O–H groups in total. The minimum absolute atomic E-state index is 0.0800. The largest absolute Gasteiger partial charge is 0.377 e. The molecule has 0 heterocycles. The fourth-order valence-corrected chi connectivity index (χ4v) is 1.44. The highest BCUT2D eigenvalue weighted by atomic mass is 32.1. The van der Waals surface area contributed by atoms with Crippen molar-refractivity contribution in [2.45, 2.75) is 11.8 Å². The van der Waals surface area contributed by atoms with Gasteiger partial charge in [-0.2, -0.15) is 0 Å². The Bertz CT molecular complexity index is 334. The monoisotopic (exact) mass is 195 g/mol. The maximum Gasteiger partial charge on any atom is 0.159 e. The summed E-state index contributed by atoms with van der Waals surface area (Å²) < 4.78 is 0. The fourth-order valence-electron chi connectivity index (χ4n) is 1.10. The van der Waals surface area contributed by atoms with E-state index in [1.54, 1.807) is 13.0 Å². The highest BCUT2D eigenvalue weighted by Gasteiger charge is 2.05. The van der Waals surface area contributed by atoms with Crippen LogP contribution in [0.3, 0.4) is 0 Å². The van der Waals surface area contributed by atoms with Gasteiger partial charge in [-0.15, -0.1) is 12.6 Å². The lowest BCUT2D eigenvalue weighted by Crippen LogP contribution is -2.10. The van der Waals surface area contributed by atoms with Gasteiger partial charge in [0, 0.05) is 24.6 Å². The van der Waals surface area contributed by atoms with Gasteiger partial charge in [-0.05, 0) is 19.1 Å². The van der Waals surface area contributed by atoms with Gasteiger partial charge < -0.3 is 4.90 Å². The van der Waals surface area contributed by atoms with Crippen molar-refractivity contribution in [2.24, 2.45) is 0 Å². The van der Waals surface area contributed by atoms with Gasteiger partial charge in [0.05, 0.1) is 5.69 Å².